The van der Waals surface area contributed by atoms with Crippen molar-refractivity contribution in [1.82, 2.24) is 4.90 Å². The summed E-state index contributed by atoms with van der Waals surface area (Å²) >= 11 is 0. The fourth-order valence-corrected chi connectivity index (χ4v) is 3.49. The van der Waals surface area contributed by atoms with Crippen LogP contribution >= 0.6 is 0 Å². The zero-order valence-electron chi connectivity index (χ0n) is 17.7. The van der Waals surface area contributed by atoms with Gasteiger partial charge in [-0.05, 0) is 68.1 Å². The predicted octanol–water partition coefficient (Wildman–Crippen LogP) is 4.05. The Morgan fingerprint density at radius 3 is 2.27 bits per heavy atom. The van der Waals surface area contributed by atoms with Crippen molar-refractivity contribution in [1.29, 1.82) is 0 Å². The normalized spacial score (nSPS) is 12.9. The summed E-state index contributed by atoms with van der Waals surface area (Å²) in [6.07, 6.45) is 1.58. The van der Waals surface area contributed by atoms with Crippen molar-refractivity contribution >= 4 is 23.6 Å². The Morgan fingerprint density at radius 1 is 0.900 bits per heavy atom. The zero-order valence-corrected chi connectivity index (χ0v) is 17.7. The Kier molecular flexibility index (Phi) is 6.15. The molecular weight excluding hydrogens is 382 g/mol. The Hall–Kier alpha value is -3.28. The number of nitrogens with zero attached hydrogens (tertiary/aromatic N) is 1. The highest BCUT2D eigenvalue weighted by molar-refractivity contribution is 6.22. The molecule has 0 radical (unpaired) electrons. The fraction of sp³-hybridized carbons (Fsp3) is 0.333. The number of esters is 1. The van der Waals surface area contributed by atoms with Gasteiger partial charge in [-0.1, -0.05) is 19.4 Å². The number of ether oxygens (including phenoxy) is 1. The Labute approximate surface area is 175 Å². The monoisotopic (exact) mass is 407 g/mol. The molecule has 0 saturated carbocycles. The highest BCUT2D eigenvalue weighted by Gasteiger charge is 2.35. The van der Waals surface area contributed by atoms with Gasteiger partial charge in [0.1, 0.15) is 0 Å². The number of fused-ring (bicyclic) bond motifs is 1. The Balaban J connectivity index is 1.71. The molecule has 0 bridgehead atoms. The molecule has 1 aliphatic rings. The van der Waals surface area contributed by atoms with E-state index in [-0.39, 0.29) is 28.4 Å². The van der Waals surface area contributed by atoms with Crippen molar-refractivity contribution in [3.8, 4) is 0 Å². The Morgan fingerprint density at radius 2 is 1.57 bits per heavy atom. The number of carbonyl (C=O) groups is 4. The van der Waals surface area contributed by atoms with Crippen LogP contribution in [0.2, 0.25) is 0 Å². The van der Waals surface area contributed by atoms with E-state index >= 15 is 0 Å². The van der Waals surface area contributed by atoms with Crippen LogP contribution in [0.15, 0.2) is 30.3 Å². The lowest BCUT2D eigenvalue weighted by Crippen LogP contribution is -2.30. The van der Waals surface area contributed by atoms with Crippen molar-refractivity contribution in [2.75, 3.05) is 13.2 Å². The molecule has 3 rings (SSSR count). The average molecular weight is 407 g/mol. The van der Waals surface area contributed by atoms with Crippen LogP contribution in [0.3, 0.4) is 0 Å². The van der Waals surface area contributed by atoms with Crippen LogP contribution in [0.4, 0.5) is 0 Å². The maximum Gasteiger partial charge on any atom is 0.338 e. The highest BCUT2D eigenvalue weighted by atomic mass is 16.5. The van der Waals surface area contributed by atoms with E-state index in [1.807, 2.05) is 33.8 Å². The molecule has 0 N–H and O–H groups in total. The van der Waals surface area contributed by atoms with Gasteiger partial charge >= 0.3 is 5.97 Å². The topological polar surface area (TPSA) is 80.8 Å². The lowest BCUT2D eigenvalue weighted by atomic mass is 9.98. The molecule has 6 nitrogen and oxygen atoms in total. The summed E-state index contributed by atoms with van der Waals surface area (Å²) in [5.41, 5.74) is 4.05. The molecule has 1 aliphatic heterocycles. The maximum absolute atomic E-state index is 12.5. The second-order valence-electron chi connectivity index (χ2n) is 7.63. The number of rotatable bonds is 7. The van der Waals surface area contributed by atoms with Crippen molar-refractivity contribution in [2.24, 2.45) is 0 Å². The highest BCUT2D eigenvalue weighted by Crippen LogP contribution is 2.25. The van der Waals surface area contributed by atoms with Gasteiger partial charge in [0.2, 0.25) is 5.78 Å². The quantitative estimate of drug-likeness (QED) is 0.393. The van der Waals surface area contributed by atoms with Gasteiger partial charge in [-0.2, -0.15) is 0 Å². The molecular formula is C24H25NO5. The van der Waals surface area contributed by atoms with Gasteiger partial charge in [0.05, 0.1) is 16.7 Å². The van der Waals surface area contributed by atoms with E-state index in [1.54, 1.807) is 6.07 Å². The predicted molar refractivity (Wildman–Crippen MR) is 112 cm³/mol. The van der Waals surface area contributed by atoms with E-state index in [2.05, 4.69) is 0 Å². The molecule has 2 aromatic rings. The lowest BCUT2D eigenvalue weighted by Gasteiger charge is -2.12. The third kappa shape index (κ3) is 4.03. The van der Waals surface area contributed by atoms with Crippen molar-refractivity contribution < 1.29 is 23.9 Å². The summed E-state index contributed by atoms with van der Waals surface area (Å²) in [5.74, 6) is -1.74. The smallest absolute Gasteiger partial charge is 0.338 e. The zero-order chi connectivity index (χ0) is 22.0. The molecule has 0 fully saturated rings. The van der Waals surface area contributed by atoms with Crippen molar-refractivity contribution in [3.63, 3.8) is 0 Å². The minimum absolute atomic E-state index is 0.136. The van der Waals surface area contributed by atoms with Gasteiger partial charge < -0.3 is 4.74 Å². The van der Waals surface area contributed by atoms with E-state index in [9.17, 15) is 19.2 Å². The minimum Gasteiger partial charge on any atom is -0.454 e. The first-order chi connectivity index (χ1) is 14.2. The molecule has 6 heteroatoms. The average Bonchev–Trinajstić information content (AvgIpc) is 2.96. The number of aryl methyl sites for hydroxylation is 3. The fourth-order valence-electron chi connectivity index (χ4n) is 3.49. The number of hydrogen-bond donors (Lipinski definition) is 0. The molecule has 30 heavy (non-hydrogen) atoms. The van der Waals surface area contributed by atoms with Crippen LogP contribution in [-0.4, -0.2) is 41.6 Å². The molecule has 0 aliphatic carbocycles. The first-order valence-corrected chi connectivity index (χ1v) is 10.0. The van der Waals surface area contributed by atoms with Gasteiger partial charge in [0, 0.05) is 12.1 Å². The van der Waals surface area contributed by atoms with E-state index < -0.39 is 18.5 Å². The second kappa shape index (κ2) is 8.61. The van der Waals surface area contributed by atoms with E-state index in [0.717, 1.165) is 29.5 Å². The molecule has 0 unspecified atom stereocenters. The van der Waals surface area contributed by atoms with Crippen LogP contribution in [-0.2, 0) is 4.74 Å². The van der Waals surface area contributed by atoms with Crippen LogP contribution in [0.25, 0.3) is 0 Å². The third-order valence-electron chi connectivity index (χ3n) is 5.42. The number of carbonyl (C=O) groups excluding carboxylic acids is 4. The van der Waals surface area contributed by atoms with Gasteiger partial charge in [-0.3, -0.25) is 19.3 Å². The van der Waals surface area contributed by atoms with Crippen LogP contribution in [0.5, 0.6) is 0 Å². The van der Waals surface area contributed by atoms with Gasteiger partial charge in [0.15, 0.2) is 6.61 Å². The summed E-state index contributed by atoms with van der Waals surface area (Å²) in [6, 6.07) is 8.01. The second-order valence-corrected chi connectivity index (χ2v) is 7.63. The number of Topliss-reactive ketones (excluding diaryl/α,β-unsaturated/α-hetero) is 1. The molecule has 2 aromatic carbocycles. The summed E-state index contributed by atoms with van der Waals surface area (Å²) in [4.78, 5) is 51.1. The number of imide groups is 1. The number of unbranched alkanes of at least 4 members (excludes halogenated alkanes) is 1. The largest absolute Gasteiger partial charge is 0.454 e. The maximum atomic E-state index is 12.5. The standard InChI is InChI=1S/C24H25NO5/c1-5-6-9-25-22(27)18-8-7-17(12-20(18)23(25)28)24(29)30-13-21(26)19-11-15(3)14(2)10-16(19)4/h7-8,10-12H,5-6,9,13H2,1-4H3. The summed E-state index contributed by atoms with van der Waals surface area (Å²) in [7, 11) is 0. The van der Waals surface area contributed by atoms with E-state index in [0.29, 0.717) is 12.1 Å². The summed E-state index contributed by atoms with van der Waals surface area (Å²) in [5, 5.41) is 0. The summed E-state index contributed by atoms with van der Waals surface area (Å²) in [6.45, 7) is 7.67. The van der Waals surface area contributed by atoms with Gasteiger partial charge in [0.25, 0.3) is 11.8 Å². The lowest BCUT2D eigenvalue weighted by molar-refractivity contribution is 0.0474. The first kappa shape index (κ1) is 21.4. The number of ketones is 1. The van der Waals surface area contributed by atoms with Crippen LogP contribution < -0.4 is 0 Å². The van der Waals surface area contributed by atoms with Crippen LogP contribution in [0.1, 0.15) is 77.9 Å². The molecule has 0 atom stereocenters. The van der Waals surface area contributed by atoms with Gasteiger partial charge in [-0.15, -0.1) is 0 Å². The van der Waals surface area contributed by atoms with Crippen molar-refractivity contribution in [3.05, 3.63) is 69.3 Å². The first-order valence-electron chi connectivity index (χ1n) is 10.0. The number of benzene rings is 2. The molecule has 2 amide bonds. The molecule has 156 valence electrons. The minimum atomic E-state index is -0.708. The summed E-state index contributed by atoms with van der Waals surface area (Å²) < 4.78 is 5.18. The third-order valence-corrected chi connectivity index (χ3v) is 5.42. The molecule has 0 aromatic heterocycles. The Bertz CT molecular complexity index is 1050. The molecule has 1 heterocycles. The van der Waals surface area contributed by atoms with Gasteiger partial charge in [-0.25, -0.2) is 4.79 Å². The van der Waals surface area contributed by atoms with E-state index in [4.69, 9.17) is 4.74 Å². The van der Waals surface area contributed by atoms with E-state index in [1.165, 1.54) is 23.1 Å². The number of hydrogen-bond acceptors (Lipinski definition) is 5. The molecule has 0 spiro atoms. The SMILES string of the molecule is CCCCN1C(=O)c2ccc(C(=O)OCC(=O)c3cc(C)c(C)cc3C)cc2C1=O. The molecule has 0 saturated heterocycles. The van der Waals surface area contributed by atoms with Crippen LogP contribution in [0, 0.1) is 20.8 Å². The number of amides is 2. The van der Waals surface area contributed by atoms with Crippen molar-refractivity contribution in [2.45, 2.75) is 40.5 Å².